The van der Waals surface area contributed by atoms with Gasteiger partial charge in [0, 0.05) is 12.6 Å². The fourth-order valence-electron chi connectivity index (χ4n) is 3.08. The molecule has 0 spiro atoms. The molecule has 1 aromatic heterocycles. The zero-order chi connectivity index (χ0) is 18.4. The van der Waals surface area contributed by atoms with Gasteiger partial charge < -0.3 is 14.5 Å². The van der Waals surface area contributed by atoms with Crippen LogP contribution in [0.25, 0.3) is 0 Å². The monoisotopic (exact) mass is 359 g/mol. The van der Waals surface area contributed by atoms with E-state index in [0.29, 0.717) is 6.54 Å². The van der Waals surface area contributed by atoms with Gasteiger partial charge in [-0.2, -0.15) is 0 Å². The number of likely N-dealkylation sites (tertiary alicyclic amines) is 1. The lowest BCUT2D eigenvalue weighted by Crippen LogP contribution is -2.38. The standard InChI is InChI=1S/C18H21N3O5/c22-18(13-26-16-7-2-1-6-14(16)21(23)24)19-12-15(17-8-5-11-25-17)20-9-3-4-10-20/h1-2,5-8,11,15H,3-4,9-10,12-13H2,(H,19,22). The largest absolute Gasteiger partial charge is 0.477 e. The summed E-state index contributed by atoms with van der Waals surface area (Å²) >= 11 is 0. The fourth-order valence-corrected chi connectivity index (χ4v) is 3.08. The van der Waals surface area contributed by atoms with Crippen molar-refractivity contribution in [2.75, 3.05) is 26.2 Å². The van der Waals surface area contributed by atoms with Crippen LogP contribution < -0.4 is 10.1 Å². The van der Waals surface area contributed by atoms with Crippen LogP contribution in [-0.2, 0) is 4.79 Å². The third kappa shape index (κ3) is 4.40. The number of benzene rings is 1. The molecule has 2 aromatic rings. The number of para-hydroxylation sites is 2. The minimum atomic E-state index is -0.534. The number of carbonyl (C=O) groups excluding carboxylic acids is 1. The lowest BCUT2D eigenvalue weighted by molar-refractivity contribution is -0.385. The number of carbonyl (C=O) groups is 1. The minimum Gasteiger partial charge on any atom is -0.477 e. The maximum absolute atomic E-state index is 12.1. The van der Waals surface area contributed by atoms with Gasteiger partial charge in [0.05, 0.1) is 17.2 Å². The first kappa shape index (κ1) is 17.9. The Morgan fingerprint density at radius 2 is 2.04 bits per heavy atom. The van der Waals surface area contributed by atoms with Crippen molar-refractivity contribution in [3.8, 4) is 5.75 Å². The van der Waals surface area contributed by atoms with Gasteiger partial charge in [0.1, 0.15) is 5.76 Å². The normalized spacial score (nSPS) is 15.5. The van der Waals surface area contributed by atoms with Crippen molar-refractivity contribution in [2.45, 2.75) is 18.9 Å². The van der Waals surface area contributed by atoms with Crippen LogP contribution in [0.5, 0.6) is 5.75 Å². The smallest absolute Gasteiger partial charge is 0.310 e. The number of nitro groups is 1. The molecule has 1 aliphatic heterocycles. The highest BCUT2D eigenvalue weighted by atomic mass is 16.6. The van der Waals surface area contributed by atoms with Crippen LogP contribution in [0, 0.1) is 10.1 Å². The summed E-state index contributed by atoms with van der Waals surface area (Å²) < 4.78 is 10.8. The maximum atomic E-state index is 12.1. The Bertz CT molecular complexity index is 741. The van der Waals surface area contributed by atoms with Gasteiger partial charge in [-0.3, -0.25) is 19.8 Å². The summed E-state index contributed by atoms with van der Waals surface area (Å²) in [4.78, 5) is 24.8. The molecular weight excluding hydrogens is 338 g/mol. The number of ether oxygens (including phenoxy) is 1. The van der Waals surface area contributed by atoms with Crippen molar-refractivity contribution < 1.29 is 18.9 Å². The molecule has 3 rings (SSSR count). The molecule has 0 aliphatic carbocycles. The molecule has 1 amide bonds. The predicted octanol–water partition coefficient (Wildman–Crippen LogP) is 2.52. The molecule has 0 radical (unpaired) electrons. The Labute approximate surface area is 150 Å². The molecule has 26 heavy (non-hydrogen) atoms. The Balaban J connectivity index is 1.55. The van der Waals surface area contributed by atoms with Crippen molar-refractivity contribution in [3.05, 3.63) is 58.5 Å². The quantitative estimate of drug-likeness (QED) is 0.574. The molecule has 1 aromatic carbocycles. The van der Waals surface area contributed by atoms with E-state index in [1.54, 1.807) is 18.4 Å². The first-order valence-electron chi connectivity index (χ1n) is 8.55. The van der Waals surface area contributed by atoms with Crippen LogP contribution in [0.2, 0.25) is 0 Å². The molecule has 2 heterocycles. The number of furan rings is 1. The summed E-state index contributed by atoms with van der Waals surface area (Å²) in [6.45, 7) is 2.05. The van der Waals surface area contributed by atoms with E-state index in [0.717, 1.165) is 31.7 Å². The van der Waals surface area contributed by atoms with E-state index in [1.165, 1.54) is 12.1 Å². The fraction of sp³-hybridized carbons (Fsp3) is 0.389. The van der Waals surface area contributed by atoms with Gasteiger partial charge in [0.2, 0.25) is 0 Å². The second kappa shape index (κ2) is 8.48. The number of nitrogens with one attached hydrogen (secondary N) is 1. The number of hydrogen-bond donors (Lipinski definition) is 1. The second-order valence-electron chi connectivity index (χ2n) is 6.09. The molecule has 0 saturated carbocycles. The van der Waals surface area contributed by atoms with Crippen LogP contribution in [0.15, 0.2) is 47.1 Å². The number of nitro benzene ring substituents is 1. The third-order valence-corrected chi connectivity index (χ3v) is 4.37. The van der Waals surface area contributed by atoms with E-state index in [4.69, 9.17) is 9.15 Å². The van der Waals surface area contributed by atoms with Gasteiger partial charge in [0.15, 0.2) is 12.4 Å². The predicted molar refractivity (Wildman–Crippen MR) is 93.9 cm³/mol. The third-order valence-electron chi connectivity index (χ3n) is 4.37. The van der Waals surface area contributed by atoms with Gasteiger partial charge in [-0.15, -0.1) is 0 Å². The summed E-state index contributed by atoms with van der Waals surface area (Å²) in [6, 6.07) is 9.70. The van der Waals surface area contributed by atoms with Crippen LogP contribution in [0.1, 0.15) is 24.6 Å². The second-order valence-corrected chi connectivity index (χ2v) is 6.09. The molecule has 1 atom stereocenters. The van der Waals surface area contributed by atoms with Crippen molar-refractivity contribution in [3.63, 3.8) is 0 Å². The van der Waals surface area contributed by atoms with E-state index in [1.807, 2.05) is 12.1 Å². The topological polar surface area (TPSA) is 97.8 Å². The lowest BCUT2D eigenvalue weighted by atomic mass is 10.2. The number of amides is 1. The molecule has 8 heteroatoms. The average Bonchev–Trinajstić information content (AvgIpc) is 3.35. The molecular formula is C18H21N3O5. The van der Waals surface area contributed by atoms with Gasteiger partial charge in [-0.25, -0.2) is 0 Å². The number of hydrogen-bond acceptors (Lipinski definition) is 6. The molecule has 1 fully saturated rings. The summed E-state index contributed by atoms with van der Waals surface area (Å²) in [6.07, 6.45) is 3.88. The Kier molecular flexibility index (Phi) is 5.85. The van der Waals surface area contributed by atoms with E-state index >= 15 is 0 Å². The van der Waals surface area contributed by atoms with Crippen LogP contribution in [-0.4, -0.2) is 42.0 Å². The zero-order valence-corrected chi connectivity index (χ0v) is 14.3. The minimum absolute atomic E-state index is 0.0255. The first-order chi connectivity index (χ1) is 12.6. The van der Waals surface area contributed by atoms with Crippen molar-refractivity contribution in [1.82, 2.24) is 10.2 Å². The van der Waals surface area contributed by atoms with E-state index < -0.39 is 4.92 Å². The summed E-state index contributed by atoms with van der Waals surface area (Å²) in [5.74, 6) is 0.556. The van der Waals surface area contributed by atoms with Crippen molar-refractivity contribution in [1.29, 1.82) is 0 Å². The molecule has 8 nitrogen and oxygen atoms in total. The summed E-state index contributed by atoms with van der Waals surface area (Å²) in [7, 11) is 0. The van der Waals surface area contributed by atoms with Gasteiger partial charge >= 0.3 is 5.69 Å². The number of nitrogens with zero attached hydrogens (tertiary/aromatic N) is 2. The molecule has 1 saturated heterocycles. The van der Waals surface area contributed by atoms with E-state index in [2.05, 4.69) is 10.2 Å². The van der Waals surface area contributed by atoms with Gasteiger partial charge in [-0.05, 0) is 44.1 Å². The molecule has 138 valence electrons. The maximum Gasteiger partial charge on any atom is 0.310 e. The summed E-state index contributed by atoms with van der Waals surface area (Å²) in [5.41, 5.74) is -0.161. The highest BCUT2D eigenvalue weighted by Crippen LogP contribution is 2.26. The highest BCUT2D eigenvalue weighted by Gasteiger charge is 2.26. The van der Waals surface area contributed by atoms with Crippen LogP contribution >= 0.6 is 0 Å². The molecule has 1 N–H and O–H groups in total. The Morgan fingerprint density at radius 1 is 1.27 bits per heavy atom. The highest BCUT2D eigenvalue weighted by molar-refractivity contribution is 5.77. The summed E-state index contributed by atoms with van der Waals surface area (Å²) in [5, 5.41) is 13.8. The lowest BCUT2D eigenvalue weighted by Gasteiger charge is -2.25. The Hall–Kier alpha value is -2.87. The molecule has 1 unspecified atom stereocenters. The van der Waals surface area contributed by atoms with Gasteiger partial charge in [0.25, 0.3) is 5.91 Å². The average molecular weight is 359 g/mol. The Morgan fingerprint density at radius 3 is 2.73 bits per heavy atom. The first-order valence-corrected chi connectivity index (χ1v) is 8.55. The molecule has 0 bridgehead atoms. The number of rotatable bonds is 8. The van der Waals surface area contributed by atoms with Crippen molar-refractivity contribution >= 4 is 11.6 Å². The van der Waals surface area contributed by atoms with E-state index in [-0.39, 0.29) is 30.0 Å². The van der Waals surface area contributed by atoms with E-state index in [9.17, 15) is 14.9 Å². The van der Waals surface area contributed by atoms with Crippen molar-refractivity contribution in [2.24, 2.45) is 0 Å². The SMILES string of the molecule is O=C(COc1ccccc1[N+](=O)[O-])NCC(c1ccco1)N1CCCC1. The molecule has 1 aliphatic rings. The van der Waals surface area contributed by atoms with Gasteiger partial charge in [-0.1, -0.05) is 12.1 Å². The van der Waals surface area contributed by atoms with Crippen LogP contribution in [0.4, 0.5) is 5.69 Å². The zero-order valence-electron chi connectivity index (χ0n) is 14.3. The van der Waals surface area contributed by atoms with Crippen LogP contribution in [0.3, 0.4) is 0 Å².